The smallest absolute Gasteiger partial charge is 0.240 e. The van der Waals surface area contributed by atoms with Crippen LogP contribution in [-0.2, 0) is 16.4 Å². The van der Waals surface area contributed by atoms with E-state index in [1.165, 1.54) is 6.07 Å². The number of hydrogen-bond acceptors (Lipinski definition) is 4. The molecule has 0 saturated heterocycles. The summed E-state index contributed by atoms with van der Waals surface area (Å²) in [6.45, 7) is 2.06. The van der Waals surface area contributed by atoms with Crippen LogP contribution in [0.1, 0.15) is 11.1 Å². The zero-order valence-electron chi connectivity index (χ0n) is 11.2. The number of nitrogen functional groups attached to an aromatic ring is 1. The van der Waals surface area contributed by atoms with Crippen LogP contribution in [0.25, 0.3) is 0 Å². The molecule has 3 N–H and O–H groups in total. The van der Waals surface area contributed by atoms with Crippen LogP contribution in [0.4, 0.5) is 5.69 Å². The highest BCUT2D eigenvalue weighted by molar-refractivity contribution is 7.89. The van der Waals surface area contributed by atoms with E-state index in [0.29, 0.717) is 24.2 Å². The molecule has 20 heavy (non-hydrogen) atoms. The highest BCUT2D eigenvalue weighted by atomic mass is 32.2. The molecule has 0 saturated carbocycles. The molecule has 1 aromatic carbocycles. The summed E-state index contributed by atoms with van der Waals surface area (Å²) in [5.41, 5.74) is 7.81. The van der Waals surface area contributed by atoms with E-state index in [1.807, 2.05) is 12.1 Å². The fourth-order valence-corrected chi connectivity index (χ4v) is 3.18. The van der Waals surface area contributed by atoms with Gasteiger partial charge in [0.1, 0.15) is 0 Å². The molecule has 0 bridgehead atoms. The van der Waals surface area contributed by atoms with Gasteiger partial charge in [0.2, 0.25) is 10.0 Å². The van der Waals surface area contributed by atoms with E-state index in [-0.39, 0.29) is 4.90 Å². The maximum absolute atomic E-state index is 12.2. The van der Waals surface area contributed by atoms with Crippen LogP contribution >= 0.6 is 0 Å². The van der Waals surface area contributed by atoms with Crippen LogP contribution < -0.4 is 10.5 Å². The van der Waals surface area contributed by atoms with Crippen molar-refractivity contribution >= 4 is 15.7 Å². The number of pyridine rings is 1. The van der Waals surface area contributed by atoms with Gasteiger partial charge < -0.3 is 5.73 Å². The molecule has 0 unspecified atom stereocenters. The van der Waals surface area contributed by atoms with E-state index < -0.39 is 10.0 Å². The number of nitrogens with zero attached hydrogens (tertiary/aromatic N) is 1. The molecule has 0 aliphatic heterocycles. The Labute approximate surface area is 118 Å². The summed E-state index contributed by atoms with van der Waals surface area (Å²) in [7, 11) is -3.50. The molecule has 0 atom stereocenters. The SMILES string of the molecule is Cc1cc(N)ccc1S(=O)(=O)NCCc1cccnc1. The molecule has 0 fully saturated rings. The van der Waals surface area contributed by atoms with Gasteiger partial charge >= 0.3 is 0 Å². The number of nitrogens with two attached hydrogens (primary N) is 1. The predicted octanol–water partition coefficient (Wildman–Crippen LogP) is 1.49. The summed E-state index contributed by atoms with van der Waals surface area (Å²) in [6.07, 6.45) is 4.01. The van der Waals surface area contributed by atoms with Crippen molar-refractivity contribution in [3.8, 4) is 0 Å². The summed E-state index contributed by atoms with van der Waals surface area (Å²) in [5.74, 6) is 0. The number of anilines is 1. The van der Waals surface area contributed by atoms with Crippen molar-refractivity contribution in [3.63, 3.8) is 0 Å². The van der Waals surface area contributed by atoms with Gasteiger partial charge in [-0.05, 0) is 48.7 Å². The molecule has 6 heteroatoms. The second kappa shape index (κ2) is 6.02. The minimum atomic E-state index is -3.50. The van der Waals surface area contributed by atoms with Gasteiger partial charge in [-0.15, -0.1) is 0 Å². The van der Waals surface area contributed by atoms with Gasteiger partial charge in [0, 0.05) is 24.6 Å². The monoisotopic (exact) mass is 291 g/mol. The molecule has 1 aromatic heterocycles. The topological polar surface area (TPSA) is 85.1 Å². The molecular formula is C14H17N3O2S. The van der Waals surface area contributed by atoms with Crippen LogP contribution in [0.3, 0.4) is 0 Å². The quantitative estimate of drug-likeness (QED) is 0.817. The largest absolute Gasteiger partial charge is 0.399 e. The first-order chi connectivity index (χ1) is 9.49. The Morgan fingerprint density at radius 2 is 2.10 bits per heavy atom. The summed E-state index contributed by atoms with van der Waals surface area (Å²) < 4.78 is 27.0. The van der Waals surface area contributed by atoms with Crippen LogP contribution in [-0.4, -0.2) is 19.9 Å². The maximum atomic E-state index is 12.2. The highest BCUT2D eigenvalue weighted by Crippen LogP contribution is 2.17. The normalized spacial score (nSPS) is 11.4. The summed E-state index contributed by atoms with van der Waals surface area (Å²) in [4.78, 5) is 4.25. The van der Waals surface area contributed by atoms with Crippen molar-refractivity contribution in [1.82, 2.24) is 9.71 Å². The van der Waals surface area contributed by atoms with Gasteiger partial charge in [0.15, 0.2) is 0 Å². The Bertz CT molecular complexity index is 685. The number of aromatic nitrogens is 1. The Kier molecular flexibility index (Phi) is 4.36. The van der Waals surface area contributed by atoms with Crippen molar-refractivity contribution in [3.05, 3.63) is 53.9 Å². The lowest BCUT2D eigenvalue weighted by Gasteiger charge is -2.09. The molecule has 1 heterocycles. The minimum Gasteiger partial charge on any atom is -0.399 e. The van der Waals surface area contributed by atoms with Crippen molar-refractivity contribution in [2.75, 3.05) is 12.3 Å². The molecule has 106 valence electrons. The lowest BCUT2D eigenvalue weighted by Crippen LogP contribution is -2.26. The zero-order valence-corrected chi connectivity index (χ0v) is 12.0. The van der Waals surface area contributed by atoms with Gasteiger partial charge in [-0.25, -0.2) is 13.1 Å². The van der Waals surface area contributed by atoms with E-state index in [4.69, 9.17) is 5.73 Å². The number of nitrogens with one attached hydrogen (secondary N) is 1. The van der Waals surface area contributed by atoms with Gasteiger partial charge in [-0.1, -0.05) is 6.07 Å². The van der Waals surface area contributed by atoms with Gasteiger partial charge in [-0.2, -0.15) is 0 Å². The van der Waals surface area contributed by atoms with E-state index in [2.05, 4.69) is 9.71 Å². The average molecular weight is 291 g/mol. The van der Waals surface area contributed by atoms with Crippen LogP contribution in [0.5, 0.6) is 0 Å². The number of hydrogen-bond donors (Lipinski definition) is 2. The summed E-state index contributed by atoms with van der Waals surface area (Å²) in [5, 5.41) is 0. The predicted molar refractivity (Wildman–Crippen MR) is 78.7 cm³/mol. The van der Waals surface area contributed by atoms with Crippen molar-refractivity contribution in [1.29, 1.82) is 0 Å². The maximum Gasteiger partial charge on any atom is 0.240 e. The molecule has 0 spiro atoms. The van der Waals surface area contributed by atoms with Crippen LogP contribution in [0.15, 0.2) is 47.6 Å². The molecule has 0 aliphatic carbocycles. The van der Waals surface area contributed by atoms with E-state index >= 15 is 0 Å². The average Bonchev–Trinajstić information content (AvgIpc) is 2.39. The second-order valence-electron chi connectivity index (χ2n) is 4.53. The Hall–Kier alpha value is -1.92. The number of rotatable bonds is 5. The first-order valence-electron chi connectivity index (χ1n) is 6.24. The van der Waals surface area contributed by atoms with Crippen molar-refractivity contribution in [2.45, 2.75) is 18.2 Å². The molecule has 0 aliphatic rings. The summed E-state index contributed by atoms with van der Waals surface area (Å²) in [6, 6.07) is 8.50. The van der Waals surface area contributed by atoms with E-state index in [1.54, 1.807) is 31.5 Å². The Morgan fingerprint density at radius 3 is 2.75 bits per heavy atom. The van der Waals surface area contributed by atoms with Crippen LogP contribution in [0, 0.1) is 6.92 Å². The Morgan fingerprint density at radius 1 is 1.30 bits per heavy atom. The summed E-state index contributed by atoms with van der Waals surface area (Å²) >= 11 is 0. The third-order valence-corrected chi connectivity index (χ3v) is 4.54. The molecule has 0 radical (unpaired) electrons. The van der Waals surface area contributed by atoms with E-state index in [0.717, 1.165) is 5.56 Å². The zero-order chi connectivity index (χ0) is 14.6. The molecule has 0 amide bonds. The Balaban J connectivity index is 2.04. The lowest BCUT2D eigenvalue weighted by atomic mass is 10.2. The fraction of sp³-hybridized carbons (Fsp3) is 0.214. The van der Waals surface area contributed by atoms with Crippen molar-refractivity contribution in [2.24, 2.45) is 0 Å². The number of benzene rings is 1. The highest BCUT2D eigenvalue weighted by Gasteiger charge is 2.15. The van der Waals surface area contributed by atoms with E-state index in [9.17, 15) is 8.42 Å². The first kappa shape index (κ1) is 14.5. The third-order valence-electron chi connectivity index (χ3n) is 2.92. The van der Waals surface area contributed by atoms with Crippen LogP contribution in [0.2, 0.25) is 0 Å². The molecular weight excluding hydrogens is 274 g/mol. The van der Waals surface area contributed by atoms with Gasteiger partial charge in [0.25, 0.3) is 0 Å². The fourth-order valence-electron chi connectivity index (χ4n) is 1.93. The number of sulfonamides is 1. The van der Waals surface area contributed by atoms with Gasteiger partial charge in [-0.3, -0.25) is 4.98 Å². The molecule has 5 nitrogen and oxygen atoms in total. The minimum absolute atomic E-state index is 0.262. The van der Waals surface area contributed by atoms with Crippen molar-refractivity contribution < 1.29 is 8.42 Å². The lowest BCUT2D eigenvalue weighted by molar-refractivity contribution is 0.581. The number of aryl methyl sites for hydroxylation is 1. The molecule has 2 aromatic rings. The second-order valence-corrected chi connectivity index (χ2v) is 6.27. The van der Waals surface area contributed by atoms with Gasteiger partial charge in [0.05, 0.1) is 4.90 Å². The third kappa shape index (κ3) is 3.55. The first-order valence-corrected chi connectivity index (χ1v) is 7.72. The standard InChI is InChI=1S/C14H17N3O2S/c1-11-9-13(15)4-5-14(11)20(18,19)17-8-6-12-3-2-7-16-10-12/h2-5,7,9-10,17H,6,8,15H2,1H3. The molecule has 2 rings (SSSR count).